The summed E-state index contributed by atoms with van der Waals surface area (Å²) in [4.78, 5) is 0. The molecule has 74 valence electrons. The maximum absolute atomic E-state index is 8.50. The fourth-order valence-corrected chi connectivity index (χ4v) is 0.854. The van der Waals surface area contributed by atoms with Crippen molar-refractivity contribution in [2.45, 2.75) is 32.6 Å². The van der Waals surface area contributed by atoms with Gasteiger partial charge < -0.3 is 5.11 Å². The summed E-state index contributed by atoms with van der Waals surface area (Å²) in [7, 11) is 0. The van der Waals surface area contributed by atoms with Gasteiger partial charge >= 0.3 is 0 Å². The van der Waals surface area contributed by atoms with Crippen molar-refractivity contribution in [2.24, 2.45) is 0 Å². The SMILES string of the molecule is CCC/C=C/C=C/C=C/CCCO. The molecule has 0 saturated carbocycles. The van der Waals surface area contributed by atoms with Gasteiger partial charge in [0.1, 0.15) is 0 Å². The van der Waals surface area contributed by atoms with Gasteiger partial charge in [-0.25, -0.2) is 0 Å². The van der Waals surface area contributed by atoms with Crippen molar-refractivity contribution in [1.82, 2.24) is 0 Å². The predicted molar refractivity (Wildman–Crippen MR) is 58.6 cm³/mol. The number of aliphatic hydroxyl groups is 1. The van der Waals surface area contributed by atoms with Gasteiger partial charge in [-0.05, 0) is 19.3 Å². The normalized spacial score (nSPS) is 12.5. The van der Waals surface area contributed by atoms with E-state index in [1.807, 2.05) is 18.2 Å². The maximum Gasteiger partial charge on any atom is 0.0433 e. The van der Waals surface area contributed by atoms with E-state index < -0.39 is 0 Å². The molecule has 1 nitrogen and oxygen atoms in total. The van der Waals surface area contributed by atoms with E-state index in [1.165, 1.54) is 6.42 Å². The molecule has 0 atom stereocenters. The van der Waals surface area contributed by atoms with Crippen LogP contribution in [0.15, 0.2) is 36.5 Å². The Morgan fingerprint density at radius 1 is 0.923 bits per heavy atom. The van der Waals surface area contributed by atoms with Gasteiger partial charge in [-0.1, -0.05) is 49.8 Å². The zero-order chi connectivity index (χ0) is 9.78. The molecule has 0 aliphatic rings. The van der Waals surface area contributed by atoms with Crippen molar-refractivity contribution < 1.29 is 5.11 Å². The number of hydrogen-bond donors (Lipinski definition) is 1. The van der Waals surface area contributed by atoms with Crippen LogP contribution in [0.1, 0.15) is 32.6 Å². The lowest BCUT2D eigenvalue weighted by Crippen LogP contribution is -1.77. The van der Waals surface area contributed by atoms with E-state index >= 15 is 0 Å². The van der Waals surface area contributed by atoms with Crippen molar-refractivity contribution in [3.63, 3.8) is 0 Å². The lowest BCUT2D eigenvalue weighted by molar-refractivity contribution is 0.289. The van der Waals surface area contributed by atoms with Crippen molar-refractivity contribution in [3.8, 4) is 0 Å². The van der Waals surface area contributed by atoms with Crippen LogP contribution >= 0.6 is 0 Å². The third kappa shape index (κ3) is 11.2. The van der Waals surface area contributed by atoms with Gasteiger partial charge in [0, 0.05) is 6.61 Å². The molecule has 1 N–H and O–H groups in total. The van der Waals surface area contributed by atoms with Crippen LogP contribution in [0.5, 0.6) is 0 Å². The first-order valence-corrected chi connectivity index (χ1v) is 5.01. The lowest BCUT2D eigenvalue weighted by atomic mass is 10.3. The van der Waals surface area contributed by atoms with Gasteiger partial charge in [0.15, 0.2) is 0 Å². The highest BCUT2D eigenvalue weighted by Gasteiger charge is 1.75. The Kier molecular flexibility index (Phi) is 10.5. The number of hydrogen-bond acceptors (Lipinski definition) is 1. The highest BCUT2D eigenvalue weighted by molar-refractivity contribution is 5.10. The summed E-state index contributed by atoms with van der Waals surface area (Å²) in [5, 5.41) is 8.50. The Bertz CT molecular complexity index is 166. The van der Waals surface area contributed by atoms with Crippen molar-refractivity contribution in [3.05, 3.63) is 36.5 Å². The molecule has 0 rings (SSSR count). The zero-order valence-electron chi connectivity index (χ0n) is 8.45. The minimum Gasteiger partial charge on any atom is -0.396 e. The van der Waals surface area contributed by atoms with E-state index in [0.717, 1.165) is 19.3 Å². The molecule has 0 spiro atoms. The third-order valence-electron chi connectivity index (χ3n) is 1.59. The van der Waals surface area contributed by atoms with Crippen LogP contribution in [0.25, 0.3) is 0 Å². The van der Waals surface area contributed by atoms with Gasteiger partial charge in [-0.2, -0.15) is 0 Å². The molecule has 0 bridgehead atoms. The predicted octanol–water partition coefficient (Wildman–Crippen LogP) is 3.23. The van der Waals surface area contributed by atoms with E-state index in [-0.39, 0.29) is 6.61 Å². The quantitative estimate of drug-likeness (QED) is 0.471. The molecule has 0 unspecified atom stereocenters. The smallest absolute Gasteiger partial charge is 0.0433 e. The van der Waals surface area contributed by atoms with Crippen molar-refractivity contribution >= 4 is 0 Å². The van der Waals surface area contributed by atoms with Crippen LogP contribution in [-0.2, 0) is 0 Å². The first kappa shape index (κ1) is 12.2. The Balaban J connectivity index is 3.34. The maximum atomic E-state index is 8.50. The van der Waals surface area contributed by atoms with Crippen molar-refractivity contribution in [2.75, 3.05) is 6.61 Å². The van der Waals surface area contributed by atoms with E-state index in [4.69, 9.17) is 5.11 Å². The molecule has 0 aliphatic carbocycles. The number of allylic oxidation sites excluding steroid dienone is 6. The summed E-state index contributed by atoms with van der Waals surface area (Å²) in [5.41, 5.74) is 0. The molecule has 0 aromatic rings. The second kappa shape index (κ2) is 11.2. The Morgan fingerprint density at radius 2 is 1.54 bits per heavy atom. The monoisotopic (exact) mass is 180 g/mol. The van der Waals surface area contributed by atoms with Gasteiger partial charge in [-0.15, -0.1) is 0 Å². The van der Waals surface area contributed by atoms with Gasteiger partial charge in [0.05, 0.1) is 0 Å². The van der Waals surface area contributed by atoms with E-state index in [0.29, 0.717) is 0 Å². The summed E-state index contributed by atoms with van der Waals surface area (Å²) < 4.78 is 0. The molecule has 0 aromatic heterocycles. The Morgan fingerprint density at radius 3 is 2.08 bits per heavy atom. The summed E-state index contributed by atoms with van der Waals surface area (Å²) >= 11 is 0. The topological polar surface area (TPSA) is 20.2 Å². The van der Waals surface area contributed by atoms with Crippen LogP contribution in [0.2, 0.25) is 0 Å². The minimum atomic E-state index is 0.282. The number of rotatable bonds is 7. The molecule has 0 aromatic carbocycles. The van der Waals surface area contributed by atoms with Gasteiger partial charge in [0.25, 0.3) is 0 Å². The third-order valence-corrected chi connectivity index (χ3v) is 1.59. The molecule has 0 aliphatic heterocycles. The van der Waals surface area contributed by atoms with E-state index in [9.17, 15) is 0 Å². The van der Waals surface area contributed by atoms with Crippen molar-refractivity contribution in [1.29, 1.82) is 0 Å². The van der Waals surface area contributed by atoms with Crippen LogP contribution in [-0.4, -0.2) is 11.7 Å². The average molecular weight is 180 g/mol. The molecule has 0 amide bonds. The molecule has 0 saturated heterocycles. The fourth-order valence-electron chi connectivity index (χ4n) is 0.854. The summed E-state index contributed by atoms with van der Waals surface area (Å²) in [6.45, 7) is 2.45. The second-order valence-electron chi connectivity index (χ2n) is 2.90. The van der Waals surface area contributed by atoms with Crippen LogP contribution in [0.3, 0.4) is 0 Å². The molecule has 13 heavy (non-hydrogen) atoms. The number of unbranched alkanes of at least 4 members (excludes halogenated alkanes) is 2. The molecule has 0 fully saturated rings. The Hall–Kier alpha value is -0.820. The highest BCUT2D eigenvalue weighted by Crippen LogP contribution is 1.91. The van der Waals surface area contributed by atoms with Crippen LogP contribution in [0.4, 0.5) is 0 Å². The highest BCUT2D eigenvalue weighted by atomic mass is 16.2. The zero-order valence-corrected chi connectivity index (χ0v) is 8.45. The number of aliphatic hydroxyl groups excluding tert-OH is 1. The van der Waals surface area contributed by atoms with Crippen LogP contribution in [0, 0.1) is 0 Å². The molecular weight excluding hydrogens is 160 g/mol. The minimum absolute atomic E-state index is 0.282. The standard InChI is InChI=1S/C12H20O/c1-2-3-4-5-6-7-8-9-10-11-12-13/h4-9,13H,2-3,10-12H2,1H3/b5-4+,7-6+,9-8+. The molecule has 1 heteroatoms. The van der Waals surface area contributed by atoms with Crippen LogP contribution < -0.4 is 0 Å². The van der Waals surface area contributed by atoms with Gasteiger partial charge in [0.2, 0.25) is 0 Å². The van der Waals surface area contributed by atoms with E-state index in [2.05, 4.69) is 25.2 Å². The Labute approximate surface area is 81.5 Å². The largest absolute Gasteiger partial charge is 0.396 e. The second-order valence-corrected chi connectivity index (χ2v) is 2.90. The summed E-state index contributed by atoms with van der Waals surface area (Å²) in [5.74, 6) is 0. The first-order valence-electron chi connectivity index (χ1n) is 5.01. The van der Waals surface area contributed by atoms with E-state index in [1.54, 1.807) is 0 Å². The lowest BCUT2D eigenvalue weighted by Gasteiger charge is -1.85. The average Bonchev–Trinajstić information content (AvgIpc) is 2.16. The molecule has 0 radical (unpaired) electrons. The summed E-state index contributed by atoms with van der Waals surface area (Å²) in [6.07, 6.45) is 16.5. The molecular formula is C12H20O. The first-order chi connectivity index (χ1) is 6.41. The van der Waals surface area contributed by atoms with Gasteiger partial charge in [-0.3, -0.25) is 0 Å². The summed E-state index contributed by atoms with van der Waals surface area (Å²) in [6, 6.07) is 0. The molecule has 0 heterocycles. The fraction of sp³-hybridized carbons (Fsp3) is 0.500.